The summed E-state index contributed by atoms with van der Waals surface area (Å²) < 4.78 is 5.01. The van der Waals surface area contributed by atoms with E-state index in [1.54, 1.807) is 31.0 Å². The van der Waals surface area contributed by atoms with Gasteiger partial charge in [0, 0.05) is 51.9 Å². The highest BCUT2D eigenvalue weighted by Gasteiger charge is 2.23. The molecule has 0 atom stereocenters. The quantitative estimate of drug-likeness (QED) is 0.234. The van der Waals surface area contributed by atoms with E-state index < -0.39 is 4.92 Å². The third-order valence-electron chi connectivity index (χ3n) is 3.89. The number of carbonyl (C=O) groups is 1. The first-order valence-electron chi connectivity index (χ1n) is 8.15. The normalized spacial score (nSPS) is 14.5. The molecule has 0 aliphatic carbocycles. The fourth-order valence-electron chi connectivity index (χ4n) is 2.61. The van der Waals surface area contributed by atoms with Crippen molar-refractivity contribution in [2.24, 2.45) is 4.99 Å². The number of carbonyl (C=O) groups excluding carboxylic acids is 1. The van der Waals surface area contributed by atoms with Gasteiger partial charge in [0.25, 0.3) is 5.69 Å². The first-order chi connectivity index (χ1) is 12.0. The first-order valence-corrected chi connectivity index (χ1v) is 8.15. The number of nitro benzene ring substituents is 1. The maximum Gasteiger partial charge on any atom is 0.409 e. The zero-order valence-electron chi connectivity index (χ0n) is 14.9. The van der Waals surface area contributed by atoms with Crippen molar-refractivity contribution < 1.29 is 14.5 Å². The number of aliphatic imine (C=N–C) groups is 1. The number of hydrogen-bond donors (Lipinski definition) is 1. The van der Waals surface area contributed by atoms with Crippen LogP contribution in [0.4, 0.5) is 10.5 Å². The third kappa shape index (κ3) is 6.00. The highest BCUT2D eigenvalue weighted by molar-refractivity contribution is 14.0. The number of benzene rings is 1. The maximum atomic E-state index is 11.7. The Labute approximate surface area is 169 Å². The number of hydrogen-bond acceptors (Lipinski definition) is 5. The van der Waals surface area contributed by atoms with E-state index in [0.717, 1.165) is 5.56 Å². The molecule has 1 aromatic rings. The van der Waals surface area contributed by atoms with Crippen LogP contribution in [0.5, 0.6) is 0 Å². The van der Waals surface area contributed by atoms with Crippen LogP contribution in [0.2, 0.25) is 0 Å². The van der Waals surface area contributed by atoms with E-state index in [-0.39, 0.29) is 35.8 Å². The molecule has 0 spiro atoms. The van der Waals surface area contributed by atoms with E-state index in [0.29, 0.717) is 45.3 Å². The molecule has 1 fully saturated rings. The van der Waals surface area contributed by atoms with Crippen molar-refractivity contribution in [3.05, 3.63) is 39.9 Å². The smallest absolute Gasteiger partial charge is 0.409 e. The molecule has 26 heavy (non-hydrogen) atoms. The molecule has 2 rings (SSSR count). The Bertz CT molecular complexity index is 647. The van der Waals surface area contributed by atoms with Crippen LogP contribution in [0, 0.1) is 10.1 Å². The largest absolute Gasteiger partial charge is 0.450 e. The third-order valence-corrected chi connectivity index (χ3v) is 3.89. The van der Waals surface area contributed by atoms with Crippen molar-refractivity contribution in [3.63, 3.8) is 0 Å². The Morgan fingerprint density at radius 2 is 1.96 bits per heavy atom. The van der Waals surface area contributed by atoms with Gasteiger partial charge in [-0.2, -0.15) is 0 Å². The van der Waals surface area contributed by atoms with Gasteiger partial charge in [-0.25, -0.2) is 4.79 Å². The van der Waals surface area contributed by atoms with E-state index >= 15 is 0 Å². The van der Waals surface area contributed by atoms with Crippen LogP contribution >= 0.6 is 24.0 Å². The van der Waals surface area contributed by atoms with E-state index in [9.17, 15) is 14.9 Å². The van der Waals surface area contributed by atoms with Gasteiger partial charge >= 0.3 is 6.09 Å². The number of ether oxygens (including phenoxy) is 1. The number of guanidine groups is 1. The van der Waals surface area contributed by atoms with Crippen molar-refractivity contribution in [1.29, 1.82) is 0 Å². The molecule has 0 saturated carbocycles. The van der Waals surface area contributed by atoms with Gasteiger partial charge in [-0.1, -0.05) is 12.1 Å². The summed E-state index contributed by atoms with van der Waals surface area (Å²) in [5.41, 5.74) is 0.873. The number of nitrogens with zero attached hydrogens (tertiary/aromatic N) is 4. The summed E-state index contributed by atoms with van der Waals surface area (Å²) in [4.78, 5) is 30.1. The minimum Gasteiger partial charge on any atom is -0.450 e. The SMILES string of the molecule is CCOC(=O)N1CCN(C(=NC)NCc2cccc([N+](=O)[O-])c2)CC1.I. The van der Waals surface area contributed by atoms with Crippen LogP contribution in [-0.4, -0.2) is 66.6 Å². The second kappa shape index (κ2) is 10.8. The summed E-state index contributed by atoms with van der Waals surface area (Å²) in [5, 5.41) is 14.0. The summed E-state index contributed by atoms with van der Waals surface area (Å²) in [6, 6.07) is 6.49. The van der Waals surface area contributed by atoms with Gasteiger partial charge < -0.3 is 19.9 Å². The second-order valence-electron chi connectivity index (χ2n) is 5.50. The minimum atomic E-state index is -0.410. The van der Waals surface area contributed by atoms with Gasteiger partial charge in [0.1, 0.15) is 0 Å². The number of piperazine rings is 1. The van der Waals surface area contributed by atoms with E-state index in [1.807, 2.05) is 11.0 Å². The number of halogens is 1. The predicted octanol–water partition coefficient (Wildman–Crippen LogP) is 2.06. The Balaban J connectivity index is 0.00000338. The minimum absolute atomic E-state index is 0. The standard InChI is InChI=1S/C16H23N5O4.HI/c1-3-25-16(22)20-9-7-19(8-10-20)15(17-2)18-12-13-5-4-6-14(11-13)21(23)24;/h4-6,11H,3,7-10,12H2,1-2H3,(H,17,18);1H. The Hall–Kier alpha value is -2.11. The summed E-state index contributed by atoms with van der Waals surface area (Å²) in [5.74, 6) is 0.704. The van der Waals surface area contributed by atoms with Crippen molar-refractivity contribution in [2.75, 3.05) is 39.8 Å². The van der Waals surface area contributed by atoms with Crippen LogP contribution in [0.25, 0.3) is 0 Å². The van der Waals surface area contributed by atoms with Crippen molar-refractivity contribution in [1.82, 2.24) is 15.1 Å². The molecule has 1 N–H and O–H groups in total. The molecule has 1 saturated heterocycles. The molecular weight excluding hydrogens is 453 g/mol. The van der Waals surface area contributed by atoms with Crippen LogP contribution in [0.3, 0.4) is 0 Å². The van der Waals surface area contributed by atoms with Crippen LogP contribution in [-0.2, 0) is 11.3 Å². The molecule has 0 unspecified atom stereocenters. The molecule has 1 aliphatic rings. The molecule has 1 amide bonds. The summed E-state index contributed by atoms with van der Waals surface area (Å²) >= 11 is 0. The monoisotopic (exact) mass is 477 g/mol. The molecule has 0 bridgehead atoms. The number of nitrogens with one attached hydrogen (secondary N) is 1. The molecule has 9 nitrogen and oxygen atoms in total. The Morgan fingerprint density at radius 3 is 2.54 bits per heavy atom. The molecule has 0 aromatic heterocycles. The van der Waals surface area contributed by atoms with Gasteiger partial charge in [0.05, 0.1) is 11.5 Å². The zero-order valence-corrected chi connectivity index (χ0v) is 17.2. The van der Waals surface area contributed by atoms with E-state index in [2.05, 4.69) is 10.3 Å². The first kappa shape index (κ1) is 21.9. The highest BCUT2D eigenvalue weighted by Crippen LogP contribution is 2.13. The van der Waals surface area contributed by atoms with Crippen LogP contribution < -0.4 is 5.32 Å². The molecule has 144 valence electrons. The molecule has 1 aromatic carbocycles. The lowest BCUT2D eigenvalue weighted by atomic mass is 10.2. The predicted molar refractivity (Wildman–Crippen MR) is 109 cm³/mol. The molecule has 1 heterocycles. The number of amides is 1. The number of rotatable bonds is 4. The number of nitro groups is 1. The molecule has 0 radical (unpaired) electrons. The molecule has 1 aliphatic heterocycles. The van der Waals surface area contributed by atoms with Gasteiger partial charge in [-0.05, 0) is 12.5 Å². The van der Waals surface area contributed by atoms with Crippen LogP contribution in [0.1, 0.15) is 12.5 Å². The molecular formula is C16H24IN5O4. The average Bonchev–Trinajstić information content (AvgIpc) is 2.63. The fraction of sp³-hybridized carbons (Fsp3) is 0.500. The van der Waals surface area contributed by atoms with Crippen LogP contribution in [0.15, 0.2) is 29.3 Å². The highest BCUT2D eigenvalue weighted by atomic mass is 127. The van der Waals surface area contributed by atoms with Crippen molar-refractivity contribution >= 4 is 41.7 Å². The lowest BCUT2D eigenvalue weighted by Gasteiger charge is -2.35. The van der Waals surface area contributed by atoms with Gasteiger partial charge in [-0.15, -0.1) is 24.0 Å². The Kier molecular flexibility index (Phi) is 9.10. The van der Waals surface area contributed by atoms with Gasteiger partial charge in [-0.3, -0.25) is 15.1 Å². The second-order valence-corrected chi connectivity index (χ2v) is 5.50. The van der Waals surface area contributed by atoms with Crippen molar-refractivity contribution in [2.45, 2.75) is 13.5 Å². The van der Waals surface area contributed by atoms with Crippen molar-refractivity contribution in [3.8, 4) is 0 Å². The maximum absolute atomic E-state index is 11.7. The van der Waals surface area contributed by atoms with Gasteiger partial charge in [0.15, 0.2) is 5.96 Å². The summed E-state index contributed by atoms with van der Waals surface area (Å²) in [6.07, 6.45) is -0.290. The summed E-state index contributed by atoms with van der Waals surface area (Å²) in [6.45, 7) is 5.01. The lowest BCUT2D eigenvalue weighted by Crippen LogP contribution is -2.53. The van der Waals surface area contributed by atoms with E-state index in [4.69, 9.17) is 4.74 Å². The summed E-state index contributed by atoms with van der Waals surface area (Å²) in [7, 11) is 1.69. The Morgan fingerprint density at radius 1 is 1.31 bits per heavy atom. The average molecular weight is 477 g/mol. The lowest BCUT2D eigenvalue weighted by molar-refractivity contribution is -0.384. The zero-order chi connectivity index (χ0) is 18.2. The topological polar surface area (TPSA) is 100 Å². The van der Waals surface area contributed by atoms with Gasteiger partial charge in [0.2, 0.25) is 0 Å². The fourth-order valence-corrected chi connectivity index (χ4v) is 2.61. The van der Waals surface area contributed by atoms with E-state index in [1.165, 1.54) is 6.07 Å². The molecule has 10 heteroatoms. The number of non-ortho nitro benzene ring substituents is 1.